The fourth-order valence-electron chi connectivity index (χ4n) is 1.76. The summed E-state index contributed by atoms with van der Waals surface area (Å²) in [6.45, 7) is 0.403. The van der Waals surface area contributed by atoms with Crippen LogP contribution >= 0.6 is 0 Å². The van der Waals surface area contributed by atoms with Crippen molar-refractivity contribution in [2.45, 2.75) is 13.0 Å². The molecule has 94 valence electrons. The smallest absolute Gasteiger partial charge is 0.123 e. The minimum Gasteiger partial charge on any atom is -0.489 e. The summed E-state index contributed by atoms with van der Waals surface area (Å²) in [5.74, 6) is 0.468. The normalized spacial score (nSPS) is 10.3. The van der Waals surface area contributed by atoms with Crippen LogP contribution in [0.2, 0.25) is 0 Å². The minimum atomic E-state index is -0.264. The quantitative estimate of drug-likeness (QED) is 0.879. The third-order valence-electron chi connectivity index (χ3n) is 2.64. The van der Waals surface area contributed by atoms with Crippen molar-refractivity contribution in [2.24, 2.45) is 0 Å². The van der Waals surface area contributed by atoms with Crippen LogP contribution in [0.5, 0.6) is 5.75 Å². The van der Waals surface area contributed by atoms with Crippen molar-refractivity contribution in [3.8, 4) is 5.75 Å². The number of benzene rings is 2. The third kappa shape index (κ3) is 3.31. The van der Waals surface area contributed by atoms with Crippen LogP contribution in [0.15, 0.2) is 48.5 Å². The first-order valence-corrected chi connectivity index (χ1v) is 5.85. The van der Waals surface area contributed by atoms with Gasteiger partial charge in [-0.15, -0.1) is 0 Å². The van der Waals surface area contributed by atoms with Crippen molar-refractivity contribution in [3.05, 3.63) is 65.5 Å². The lowest BCUT2D eigenvalue weighted by Crippen LogP contribution is -2.00. The van der Waals surface area contributed by atoms with Crippen LogP contribution in [0.25, 0.3) is 0 Å². The Morgan fingerprint density at radius 3 is 2.67 bits per heavy atom. The largest absolute Gasteiger partial charge is 0.489 e. The monoisotopic (exact) mass is 246 g/mol. The van der Waals surface area contributed by atoms with Crippen molar-refractivity contribution >= 4 is 0 Å². The van der Waals surface area contributed by atoms with Gasteiger partial charge in [0.15, 0.2) is 0 Å². The van der Waals surface area contributed by atoms with Gasteiger partial charge in [-0.2, -0.15) is 0 Å². The summed E-state index contributed by atoms with van der Waals surface area (Å²) in [4.78, 5) is 0. The molecule has 0 unspecified atom stereocenters. The molecule has 0 saturated heterocycles. The third-order valence-corrected chi connectivity index (χ3v) is 2.64. The number of ether oxygens (including phenoxy) is 1. The van der Waals surface area contributed by atoms with E-state index in [1.54, 1.807) is 6.07 Å². The average molecular weight is 246 g/mol. The first-order chi connectivity index (χ1) is 8.79. The van der Waals surface area contributed by atoms with Crippen LogP contribution in [0.4, 0.5) is 4.39 Å². The zero-order chi connectivity index (χ0) is 12.8. The molecule has 0 spiro atoms. The number of rotatable bonds is 5. The van der Waals surface area contributed by atoms with E-state index < -0.39 is 0 Å². The van der Waals surface area contributed by atoms with Crippen molar-refractivity contribution in [3.63, 3.8) is 0 Å². The van der Waals surface area contributed by atoms with Crippen LogP contribution in [0.3, 0.4) is 0 Å². The van der Waals surface area contributed by atoms with E-state index in [4.69, 9.17) is 9.84 Å². The molecule has 0 atom stereocenters. The first kappa shape index (κ1) is 12.6. The molecule has 18 heavy (non-hydrogen) atoms. The molecular weight excluding hydrogens is 231 g/mol. The highest BCUT2D eigenvalue weighted by atomic mass is 19.1. The lowest BCUT2D eigenvalue weighted by Gasteiger charge is -2.10. The second kappa shape index (κ2) is 6.17. The Kier molecular flexibility index (Phi) is 4.31. The second-order valence-electron chi connectivity index (χ2n) is 4.00. The van der Waals surface area contributed by atoms with Gasteiger partial charge in [0.1, 0.15) is 18.2 Å². The molecule has 0 heterocycles. The van der Waals surface area contributed by atoms with Crippen LogP contribution in [0.1, 0.15) is 11.1 Å². The van der Waals surface area contributed by atoms with Gasteiger partial charge in [-0.05, 0) is 35.7 Å². The second-order valence-corrected chi connectivity index (χ2v) is 4.00. The van der Waals surface area contributed by atoms with Gasteiger partial charge in [0.25, 0.3) is 0 Å². The minimum absolute atomic E-state index is 0.0837. The van der Waals surface area contributed by atoms with Crippen LogP contribution < -0.4 is 4.74 Å². The Morgan fingerprint density at radius 1 is 1.06 bits per heavy atom. The number of aliphatic hydroxyl groups excluding tert-OH is 1. The highest BCUT2D eigenvalue weighted by molar-refractivity contribution is 5.33. The molecule has 2 aromatic rings. The molecule has 3 heteroatoms. The lowest BCUT2D eigenvalue weighted by molar-refractivity contribution is 0.283. The summed E-state index contributed by atoms with van der Waals surface area (Å²) in [7, 11) is 0. The zero-order valence-corrected chi connectivity index (χ0v) is 9.97. The van der Waals surface area contributed by atoms with Gasteiger partial charge in [-0.25, -0.2) is 4.39 Å². The van der Waals surface area contributed by atoms with E-state index in [1.807, 2.05) is 30.3 Å². The maximum absolute atomic E-state index is 13.0. The molecule has 0 aliphatic rings. The Hall–Kier alpha value is -1.87. The van der Waals surface area contributed by atoms with E-state index in [0.717, 1.165) is 16.9 Å². The van der Waals surface area contributed by atoms with Gasteiger partial charge in [0, 0.05) is 6.61 Å². The summed E-state index contributed by atoms with van der Waals surface area (Å²) >= 11 is 0. The molecule has 0 radical (unpaired) electrons. The maximum Gasteiger partial charge on any atom is 0.123 e. The van der Waals surface area contributed by atoms with Crippen molar-refractivity contribution in [2.75, 3.05) is 6.61 Å². The molecule has 0 bridgehead atoms. The molecule has 2 rings (SSSR count). The highest BCUT2D eigenvalue weighted by Gasteiger charge is 2.03. The van der Waals surface area contributed by atoms with Crippen molar-refractivity contribution in [1.82, 2.24) is 0 Å². The molecule has 0 amide bonds. The first-order valence-electron chi connectivity index (χ1n) is 5.85. The van der Waals surface area contributed by atoms with Gasteiger partial charge >= 0.3 is 0 Å². The van der Waals surface area contributed by atoms with Crippen LogP contribution in [-0.2, 0) is 13.0 Å². The van der Waals surface area contributed by atoms with E-state index in [-0.39, 0.29) is 12.4 Å². The van der Waals surface area contributed by atoms with Gasteiger partial charge < -0.3 is 9.84 Å². The molecule has 0 aliphatic carbocycles. The Balaban J connectivity index is 2.06. The molecule has 2 aromatic carbocycles. The van der Waals surface area contributed by atoms with E-state index in [1.165, 1.54) is 12.1 Å². The Labute approximate surface area is 106 Å². The molecule has 0 aromatic heterocycles. The summed E-state index contributed by atoms with van der Waals surface area (Å²) in [6, 6.07) is 13.9. The van der Waals surface area contributed by atoms with E-state index in [0.29, 0.717) is 13.0 Å². The zero-order valence-electron chi connectivity index (χ0n) is 9.97. The fraction of sp³-hybridized carbons (Fsp3) is 0.200. The van der Waals surface area contributed by atoms with Crippen molar-refractivity contribution in [1.29, 1.82) is 0 Å². The number of hydrogen-bond donors (Lipinski definition) is 1. The predicted molar refractivity (Wildman–Crippen MR) is 68.0 cm³/mol. The Bertz CT molecular complexity index is 511. The molecule has 2 nitrogen and oxygen atoms in total. The highest BCUT2D eigenvalue weighted by Crippen LogP contribution is 2.19. The summed E-state index contributed by atoms with van der Waals surface area (Å²) in [6.07, 6.45) is 0.555. The average Bonchev–Trinajstić information content (AvgIpc) is 2.38. The number of hydrogen-bond acceptors (Lipinski definition) is 2. The molecule has 1 N–H and O–H groups in total. The van der Waals surface area contributed by atoms with E-state index in [2.05, 4.69) is 0 Å². The van der Waals surface area contributed by atoms with Crippen molar-refractivity contribution < 1.29 is 14.2 Å². The number of para-hydroxylation sites is 1. The maximum atomic E-state index is 13.0. The summed E-state index contributed by atoms with van der Waals surface area (Å²) < 4.78 is 18.7. The fourth-order valence-corrected chi connectivity index (χ4v) is 1.76. The van der Waals surface area contributed by atoms with E-state index >= 15 is 0 Å². The predicted octanol–water partition coefficient (Wildman–Crippen LogP) is 2.94. The standard InChI is InChI=1S/C15H15FO2/c16-14-6-3-4-12(10-14)11-18-15-7-2-1-5-13(15)8-9-17/h1-7,10,17H,8-9,11H2. The molecular formula is C15H15FO2. The van der Waals surface area contributed by atoms with Gasteiger partial charge in [0.2, 0.25) is 0 Å². The summed E-state index contributed by atoms with van der Waals surface area (Å²) in [5.41, 5.74) is 1.74. The van der Waals surface area contributed by atoms with Gasteiger partial charge in [-0.3, -0.25) is 0 Å². The summed E-state index contributed by atoms with van der Waals surface area (Å²) in [5, 5.41) is 8.96. The lowest BCUT2D eigenvalue weighted by atomic mass is 10.1. The molecule has 0 saturated carbocycles. The topological polar surface area (TPSA) is 29.5 Å². The SMILES string of the molecule is OCCc1ccccc1OCc1cccc(F)c1. The van der Waals surface area contributed by atoms with Crippen LogP contribution in [-0.4, -0.2) is 11.7 Å². The van der Waals surface area contributed by atoms with Crippen LogP contribution in [0, 0.1) is 5.82 Å². The molecule has 0 fully saturated rings. The van der Waals surface area contributed by atoms with Gasteiger partial charge in [0.05, 0.1) is 0 Å². The Morgan fingerprint density at radius 2 is 1.89 bits per heavy atom. The molecule has 0 aliphatic heterocycles. The van der Waals surface area contributed by atoms with E-state index in [9.17, 15) is 4.39 Å². The number of aliphatic hydroxyl groups is 1. The van der Waals surface area contributed by atoms with Gasteiger partial charge in [-0.1, -0.05) is 30.3 Å². The number of halogens is 1.